The number of anilines is 1. The second kappa shape index (κ2) is 7.06. The summed E-state index contributed by atoms with van der Waals surface area (Å²) in [7, 11) is 1.25. The predicted octanol–water partition coefficient (Wildman–Crippen LogP) is 3.79. The number of nitro benzene ring substituents is 1. The molecule has 8 heteroatoms. The van der Waals surface area contributed by atoms with Gasteiger partial charge in [0.15, 0.2) is 0 Å². The Hall–Kier alpha value is -2.67. The van der Waals surface area contributed by atoms with Crippen molar-refractivity contribution in [2.24, 2.45) is 0 Å². The number of nitrogens with zero attached hydrogens (tertiary/aromatic N) is 1. The van der Waals surface area contributed by atoms with Gasteiger partial charge in [-0.25, -0.2) is 4.79 Å². The quantitative estimate of drug-likeness (QED) is 0.509. The topological polar surface area (TPSA) is 81.5 Å². The van der Waals surface area contributed by atoms with Gasteiger partial charge in [-0.3, -0.25) is 10.1 Å². The number of halogens is 2. The fraction of sp³-hybridized carbons (Fsp3) is 0.133. The first-order valence-electron chi connectivity index (χ1n) is 6.47. The van der Waals surface area contributed by atoms with Crippen molar-refractivity contribution < 1.29 is 18.8 Å². The molecule has 0 heterocycles. The van der Waals surface area contributed by atoms with Gasteiger partial charge >= 0.3 is 11.7 Å². The largest absolute Gasteiger partial charge is 0.465 e. The normalized spacial score (nSPS) is 10.2. The van der Waals surface area contributed by atoms with Crippen LogP contribution in [0.25, 0.3) is 0 Å². The summed E-state index contributed by atoms with van der Waals surface area (Å²) >= 11 is 5.90. The lowest BCUT2D eigenvalue weighted by Gasteiger charge is -2.11. The third kappa shape index (κ3) is 3.95. The van der Waals surface area contributed by atoms with Crippen LogP contribution in [0.3, 0.4) is 0 Å². The molecule has 23 heavy (non-hydrogen) atoms. The molecule has 0 amide bonds. The minimum atomic E-state index is -0.906. The first kappa shape index (κ1) is 16.7. The van der Waals surface area contributed by atoms with Gasteiger partial charge in [0.1, 0.15) is 0 Å². The van der Waals surface area contributed by atoms with Gasteiger partial charge in [0.05, 0.1) is 23.3 Å². The number of carbonyl (C=O) groups is 1. The van der Waals surface area contributed by atoms with Crippen molar-refractivity contribution in [1.29, 1.82) is 0 Å². The highest BCUT2D eigenvalue weighted by atomic mass is 35.5. The zero-order valence-corrected chi connectivity index (χ0v) is 12.8. The molecule has 6 nitrogen and oxygen atoms in total. The van der Waals surface area contributed by atoms with Crippen LogP contribution in [0, 0.1) is 15.9 Å². The summed E-state index contributed by atoms with van der Waals surface area (Å²) in [5.74, 6) is -1.45. The molecular formula is C15H12ClFN2O4. The number of hydrogen-bond donors (Lipinski definition) is 1. The molecular weight excluding hydrogens is 327 g/mol. The van der Waals surface area contributed by atoms with Gasteiger partial charge in [-0.15, -0.1) is 0 Å². The lowest BCUT2D eigenvalue weighted by molar-refractivity contribution is -0.387. The van der Waals surface area contributed by atoms with Crippen LogP contribution in [0.15, 0.2) is 36.4 Å². The van der Waals surface area contributed by atoms with Crippen LogP contribution in [-0.4, -0.2) is 18.0 Å². The van der Waals surface area contributed by atoms with Gasteiger partial charge in [0.2, 0.25) is 5.82 Å². The lowest BCUT2D eigenvalue weighted by atomic mass is 10.1. The second-order valence-corrected chi connectivity index (χ2v) is 5.01. The summed E-state index contributed by atoms with van der Waals surface area (Å²) < 4.78 is 18.0. The van der Waals surface area contributed by atoms with Crippen LogP contribution in [0.5, 0.6) is 0 Å². The highest BCUT2D eigenvalue weighted by Gasteiger charge is 2.15. The van der Waals surface area contributed by atoms with Crippen LogP contribution in [0.2, 0.25) is 5.02 Å². The average Bonchev–Trinajstić information content (AvgIpc) is 2.53. The number of carbonyl (C=O) groups excluding carboxylic acids is 1. The fourth-order valence-corrected chi connectivity index (χ4v) is 2.13. The van der Waals surface area contributed by atoms with Crippen LogP contribution >= 0.6 is 11.6 Å². The summed E-state index contributed by atoms with van der Waals surface area (Å²) in [6, 6.07) is 8.15. The van der Waals surface area contributed by atoms with Crippen molar-refractivity contribution >= 4 is 28.9 Å². The van der Waals surface area contributed by atoms with E-state index in [9.17, 15) is 19.3 Å². The molecule has 0 bridgehead atoms. The molecule has 0 saturated heterocycles. The minimum Gasteiger partial charge on any atom is -0.465 e. The molecule has 0 aliphatic rings. The van der Waals surface area contributed by atoms with E-state index in [0.29, 0.717) is 16.3 Å². The van der Waals surface area contributed by atoms with E-state index >= 15 is 0 Å². The number of hydrogen-bond acceptors (Lipinski definition) is 5. The van der Waals surface area contributed by atoms with E-state index in [4.69, 9.17) is 11.6 Å². The van der Waals surface area contributed by atoms with Crippen molar-refractivity contribution in [3.8, 4) is 0 Å². The fourth-order valence-electron chi connectivity index (χ4n) is 1.96. The van der Waals surface area contributed by atoms with Gasteiger partial charge in [0.25, 0.3) is 0 Å². The zero-order chi connectivity index (χ0) is 17.0. The molecule has 2 aromatic rings. The van der Waals surface area contributed by atoms with E-state index in [1.165, 1.54) is 25.3 Å². The Kier molecular flexibility index (Phi) is 5.13. The summed E-state index contributed by atoms with van der Waals surface area (Å²) in [4.78, 5) is 21.6. The maximum absolute atomic E-state index is 13.3. The van der Waals surface area contributed by atoms with Crippen LogP contribution in [0.4, 0.5) is 15.8 Å². The smallest absolute Gasteiger partial charge is 0.339 e. The maximum atomic E-state index is 13.3. The zero-order valence-electron chi connectivity index (χ0n) is 12.0. The number of rotatable bonds is 5. The first-order valence-corrected chi connectivity index (χ1v) is 6.84. The molecule has 0 saturated carbocycles. The Labute approximate surface area is 136 Å². The van der Waals surface area contributed by atoms with E-state index in [0.717, 1.165) is 12.1 Å². The van der Waals surface area contributed by atoms with E-state index in [1.54, 1.807) is 6.07 Å². The predicted molar refractivity (Wildman–Crippen MR) is 83.2 cm³/mol. The Morgan fingerprint density at radius 2 is 2.09 bits per heavy atom. The van der Waals surface area contributed by atoms with E-state index in [-0.39, 0.29) is 12.1 Å². The first-order chi connectivity index (χ1) is 10.9. The number of nitrogens with one attached hydrogen (secondary N) is 1. The standard InChI is InChI=1S/C15H12ClFN2O4/c1-23-15(20)11-4-3-10(16)7-13(11)18-8-9-2-5-12(17)14(6-9)19(21)22/h2-7,18H,8H2,1H3. The molecule has 0 atom stereocenters. The minimum absolute atomic E-state index is 0.144. The van der Waals surface area contributed by atoms with Crippen molar-refractivity contribution in [2.45, 2.75) is 6.54 Å². The lowest BCUT2D eigenvalue weighted by Crippen LogP contribution is -2.08. The number of nitro groups is 1. The van der Waals surface area contributed by atoms with Crippen molar-refractivity contribution in [1.82, 2.24) is 0 Å². The number of esters is 1. The molecule has 0 fully saturated rings. The van der Waals surface area contributed by atoms with Gasteiger partial charge in [0, 0.05) is 17.6 Å². The molecule has 0 aliphatic carbocycles. The van der Waals surface area contributed by atoms with E-state index < -0.39 is 22.4 Å². The van der Waals surface area contributed by atoms with Crippen molar-refractivity contribution in [3.63, 3.8) is 0 Å². The Morgan fingerprint density at radius 3 is 2.74 bits per heavy atom. The van der Waals surface area contributed by atoms with Crippen LogP contribution in [-0.2, 0) is 11.3 Å². The number of methoxy groups -OCH3 is 1. The molecule has 0 spiro atoms. The number of benzene rings is 2. The molecule has 120 valence electrons. The molecule has 0 aliphatic heterocycles. The highest BCUT2D eigenvalue weighted by molar-refractivity contribution is 6.31. The second-order valence-electron chi connectivity index (χ2n) is 4.58. The Morgan fingerprint density at radius 1 is 1.35 bits per heavy atom. The van der Waals surface area contributed by atoms with Crippen LogP contribution < -0.4 is 5.32 Å². The third-order valence-electron chi connectivity index (χ3n) is 3.08. The Balaban J connectivity index is 2.24. The van der Waals surface area contributed by atoms with Crippen molar-refractivity contribution in [2.75, 3.05) is 12.4 Å². The van der Waals surface area contributed by atoms with E-state index in [2.05, 4.69) is 10.1 Å². The molecule has 0 radical (unpaired) electrons. The average molecular weight is 339 g/mol. The van der Waals surface area contributed by atoms with Gasteiger partial charge in [-0.1, -0.05) is 17.7 Å². The summed E-state index contributed by atoms with van der Waals surface area (Å²) in [6.07, 6.45) is 0. The monoisotopic (exact) mass is 338 g/mol. The molecule has 2 rings (SSSR count). The van der Waals surface area contributed by atoms with E-state index in [1.807, 2.05) is 0 Å². The molecule has 2 aromatic carbocycles. The molecule has 0 aromatic heterocycles. The van der Waals surface area contributed by atoms with Gasteiger partial charge < -0.3 is 10.1 Å². The summed E-state index contributed by atoms with van der Waals surface area (Å²) in [6.45, 7) is 0.144. The maximum Gasteiger partial charge on any atom is 0.339 e. The molecule has 1 N–H and O–H groups in total. The SMILES string of the molecule is COC(=O)c1ccc(Cl)cc1NCc1ccc(F)c([N+](=O)[O-])c1. The van der Waals surface area contributed by atoms with Crippen LogP contribution in [0.1, 0.15) is 15.9 Å². The Bertz CT molecular complexity index is 767. The summed E-state index contributed by atoms with van der Waals surface area (Å²) in [5.41, 5.74) is 0.558. The highest BCUT2D eigenvalue weighted by Crippen LogP contribution is 2.24. The number of ether oxygens (including phenoxy) is 1. The molecule has 0 unspecified atom stereocenters. The van der Waals surface area contributed by atoms with Crippen molar-refractivity contribution in [3.05, 3.63) is 68.5 Å². The third-order valence-corrected chi connectivity index (χ3v) is 3.31. The van der Waals surface area contributed by atoms with Gasteiger partial charge in [-0.05, 0) is 29.8 Å². The summed E-state index contributed by atoms with van der Waals surface area (Å²) in [5, 5.41) is 14.1. The van der Waals surface area contributed by atoms with Gasteiger partial charge in [-0.2, -0.15) is 4.39 Å².